The number of rotatable bonds is 4. The van der Waals surface area contributed by atoms with Crippen LogP contribution in [0.2, 0.25) is 0 Å². The third kappa shape index (κ3) is 4.52. The molecule has 3 aromatic heterocycles. The lowest BCUT2D eigenvalue weighted by Crippen LogP contribution is -1.96. The molecular weight excluding hydrogens is 528 g/mol. The molecule has 0 amide bonds. The molecule has 5 aromatic rings. The van der Waals surface area contributed by atoms with Crippen LogP contribution in [0.5, 0.6) is 0 Å². The quantitative estimate of drug-likeness (QED) is 0.236. The van der Waals surface area contributed by atoms with E-state index >= 15 is 0 Å². The van der Waals surface area contributed by atoms with Gasteiger partial charge in [0.2, 0.25) is 0 Å². The minimum Gasteiger partial charge on any atom is -0.265 e. The minimum atomic E-state index is 0.639. The number of nitrogens with zero attached hydrogens (tertiary/aromatic N) is 4. The van der Waals surface area contributed by atoms with Gasteiger partial charge in [-0.1, -0.05) is 56.1 Å². The molecule has 4 nitrogen and oxygen atoms in total. The summed E-state index contributed by atoms with van der Waals surface area (Å²) in [6.45, 7) is 0. The normalized spacial score (nSPS) is 10.8. The van der Waals surface area contributed by atoms with Gasteiger partial charge in [0.15, 0.2) is 5.82 Å². The molecule has 0 aliphatic heterocycles. The first-order valence-corrected chi connectivity index (χ1v) is 11.5. The fourth-order valence-corrected chi connectivity index (χ4v) is 4.74. The first kappa shape index (κ1) is 20.7. The van der Waals surface area contributed by atoms with Crippen LogP contribution in [-0.2, 0) is 0 Å². The second-order valence-corrected chi connectivity index (χ2v) is 9.01. The summed E-state index contributed by atoms with van der Waals surface area (Å²) in [6.07, 6.45) is 7.14. The summed E-state index contributed by atoms with van der Waals surface area (Å²) in [5.74, 6) is 0.639. The number of benzene rings is 2. The molecule has 0 atom stereocenters. The van der Waals surface area contributed by atoms with Gasteiger partial charge in [-0.05, 0) is 59.7 Å². The zero-order valence-corrected chi connectivity index (χ0v) is 20.0. The summed E-state index contributed by atoms with van der Waals surface area (Å²) in [4.78, 5) is 18.0. The Kier molecular flexibility index (Phi) is 5.88. The molecule has 0 fully saturated rings. The Morgan fingerprint density at radius 3 is 1.78 bits per heavy atom. The van der Waals surface area contributed by atoms with E-state index in [1.54, 1.807) is 24.8 Å². The Balaban J connectivity index is 1.63. The fourth-order valence-electron chi connectivity index (χ4n) is 3.45. The summed E-state index contributed by atoms with van der Waals surface area (Å²) in [5.41, 5.74) is 6.84. The molecule has 0 unspecified atom stereocenters. The molecule has 154 valence electrons. The van der Waals surface area contributed by atoms with Crippen LogP contribution in [0, 0.1) is 0 Å². The largest absolute Gasteiger partial charge is 0.265 e. The average Bonchev–Trinajstić information content (AvgIpc) is 2.84. The monoisotopic (exact) mass is 542 g/mol. The Labute approximate surface area is 202 Å². The molecular formula is C26H16Br2N4. The average molecular weight is 544 g/mol. The van der Waals surface area contributed by atoms with E-state index < -0.39 is 0 Å². The number of hydrogen-bond donors (Lipinski definition) is 0. The Bertz CT molecular complexity index is 1350. The van der Waals surface area contributed by atoms with Crippen LogP contribution in [0.3, 0.4) is 0 Å². The first-order chi connectivity index (χ1) is 15.7. The summed E-state index contributed by atoms with van der Waals surface area (Å²) in [6, 6.07) is 24.4. The zero-order chi connectivity index (χ0) is 21.9. The van der Waals surface area contributed by atoms with Gasteiger partial charge in [0, 0.05) is 50.4 Å². The number of halogens is 2. The standard InChI is InChI=1S/C26H16Br2N4/c27-22-12-21(13-23(28)14-22)25-15-24(31-26(32-25)20-2-1-9-30-16-20)19-5-3-17(4-6-19)18-7-10-29-11-8-18/h1-16H. The van der Waals surface area contributed by atoms with E-state index in [0.717, 1.165) is 48.2 Å². The second-order valence-electron chi connectivity index (χ2n) is 7.18. The maximum atomic E-state index is 4.86. The van der Waals surface area contributed by atoms with Crippen LogP contribution in [0.25, 0.3) is 45.0 Å². The van der Waals surface area contributed by atoms with E-state index in [1.165, 1.54) is 0 Å². The van der Waals surface area contributed by atoms with Crippen molar-refractivity contribution in [1.82, 2.24) is 19.9 Å². The smallest absolute Gasteiger partial charge is 0.161 e. The van der Waals surface area contributed by atoms with Gasteiger partial charge in [-0.2, -0.15) is 0 Å². The van der Waals surface area contributed by atoms with Crippen molar-refractivity contribution >= 4 is 31.9 Å². The summed E-state index contributed by atoms with van der Waals surface area (Å²) >= 11 is 7.16. The van der Waals surface area contributed by atoms with Gasteiger partial charge in [-0.15, -0.1) is 0 Å². The molecule has 6 heteroatoms. The van der Waals surface area contributed by atoms with E-state index in [0.29, 0.717) is 5.82 Å². The topological polar surface area (TPSA) is 51.6 Å². The lowest BCUT2D eigenvalue weighted by molar-refractivity contribution is 1.17. The maximum Gasteiger partial charge on any atom is 0.161 e. The molecule has 0 spiro atoms. The van der Waals surface area contributed by atoms with Gasteiger partial charge in [0.25, 0.3) is 0 Å². The molecule has 0 bridgehead atoms. The Morgan fingerprint density at radius 2 is 1.12 bits per heavy atom. The van der Waals surface area contributed by atoms with Gasteiger partial charge in [-0.3, -0.25) is 9.97 Å². The van der Waals surface area contributed by atoms with E-state index in [2.05, 4.69) is 78.2 Å². The third-order valence-corrected chi connectivity index (χ3v) is 5.91. The van der Waals surface area contributed by atoms with Crippen molar-refractivity contribution in [3.05, 3.63) is 107 Å². The molecule has 0 saturated carbocycles. The summed E-state index contributed by atoms with van der Waals surface area (Å²) < 4.78 is 1.96. The minimum absolute atomic E-state index is 0.639. The molecule has 2 aromatic carbocycles. The second kappa shape index (κ2) is 9.10. The first-order valence-electron chi connectivity index (χ1n) is 9.92. The highest BCUT2D eigenvalue weighted by atomic mass is 79.9. The highest BCUT2D eigenvalue weighted by Gasteiger charge is 2.12. The summed E-state index contributed by atoms with van der Waals surface area (Å²) in [7, 11) is 0. The Morgan fingerprint density at radius 1 is 0.500 bits per heavy atom. The molecule has 3 heterocycles. The molecule has 0 radical (unpaired) electrons. The van der Waals surface area contributed by atoms with Crippen molar-refractivity contribution in [2.45, 2.75) is 0 Å². The molecule has 0 N–H and O–H groups in total. The van der Waals surface area contributed by atoms with Gasteiger partial charge in [-0.25, -0.2) is 9.97 Å². The van der Waals surface area contributed by atoms with E-state index in [4.69, 9.17) is 9.97 Å². The SMILES string of the molecule is Brc1cc(Br)cc(-c2cc(-c3ccc(-c4ccncc4)cc3)nc(-c3cccnc3)n2)c1. The lowest BCUT2D eigenvalue weighted by atomic mass is 10.0. The highest BCUT2D eigenvalue weighted by molar-refractivity contribution is 9.11. The number of pyridine rings is 2. The third-order valence-electron chi connectivity index (χ3n) is 5.00. The number of hydrogen-bond acceptors (Lipinski definition) is 4. The van der Waals surface area contributed by atoms with Crippen molar-refractivity contribution in [1.29, 1.82) is 0 Å². The van der Waals surface area contributed by atoms with E-state index in [1.807, 2.05) is 36.4 Å². The van der Waals surface area contributed by atoms with Crippen molar-refractivity contribution in [3.8, 4) is 45.0 Å². The lowest BCUT2D eigenvalue weighted by Gasteiger charge is -2.10. The van der Waals surface area contributed by atoms with Crippen molar-refractivity contribution < 1.29 is 0 Å². The predicted octanol–water partition coefficient (Wildman–Crippen LogP) is 7.46. The zero-order valence-electron chi connectivity index (χ0n) is 16.8. The number of aromatic nitrogens is 4. The maximum absolute atomic E-state index is 4.86. The van der Waals surface area contributed by atoms with E-state index in [-0.39, 0.29) is 0 Å². The van der Waals surface area contributed by atoms with E-state index in [9.17, 15) is 0 Å². The molecule has 32 heavy (non-hydrogen) atoms. The fraction of sp³-hybridized carbons (Fsp3) is 0. The van der Waals surface area contributed by atoms with Crippen molar-refractivity contribution in [2.24, 2.45) is 0 Å². The molecule has 0 aliphatic carbocycles. The highest BCUT2D eigenvalue weighted by Crippen LogP contribution is 2.31. The summed E-state index contributed by atoms with van der Waals surface area (Å²) in [5, 5.41) is 0. The van der Waals surface area contributed by atoms with Crippen LogP contribution < -0.4 is 0 Å². The van der Waals surface area contributed by atoms with Crippen LogP contribution in [0.1, 0.15) is 0 Å². The van der Waals surface area contributed by atoms with Crippen LogP contribution in [-0.4, -0.2) is 19.9 Å². The van der Waals surface area contributed by atoms with Crippen molar-refractivity contribution in [2.75, 3.05) is 0 Å². The van der Waals surface area contributed by atoms with Gasteiger partial charge in [0.1, 0.15) is 0 Å². The molecule has 0 aliphatic rings. The molecule has 0 saturated heterocycles. The van der Waals surface area contributed by atoms with Crippen LogP contribution in [0.15, 0.2) is 107 Å². The van der Waals surface area contributed by atoms with Crippen LogP contribution in [0.4, 0.5) is 0 Å². The Hall–Kier alpha value is -3.22. The van der Waals surface area contributed by atoms with Gasteiger partial charge >= 0.3 is 0 Å². The predicted molar refractivity (Wildman–Crippen MR) is 135 cm³/mol. The van der Waals surface area contributed by atoms with Gasteiger partial charge < -0.3 is 0 Å². The molecule has 5 rings (SSSR count). The van der Waals surface area contributed by atoms with Gasteiger partial charge in [0.05, 0.1) is 11.4 Å². The van der Waals surface area contributed by atoms with Crippen LogP contribution >= 0.6 is 31.9 Å². The van der Waals surface area contributed by atoms with Crippen molar-refractivity contribution in [3.63, 3.8) is 0 Å².